The first-order valence-electron chi connectivity index (χ1n) is 6.15. The van der Waals surface area contributed by atoms with E-state index in [1.807, 2.05) is 0 Å². The highest BCUT2D eigenvalue weighted by Crippen LogP contribution is 2.32. The number of fused-ring (bicyclic) bond motifs is 1. The third-order valence-corrected chi connectivity index (χ3v) is 4.31. The van der Waals surface area contributed by atoms with Gasteiger partial charge in [-0.25, -0.2) is 4.98 Å². The van der Waals surface area contributed by atoms with Gasteiger partial charge in [-0.05, 0) is 18.3 Å². The largest absolute Gasteiger partial charge is 0.346 e. The summed E-state index contributed by atoms with van der Waals surface area (Å²) in [4.78, 5) is 18.8. The van der Waals surface area contributed by atoms with Gasteiger partial charge in [0.05, 0.1) is 0 Å². The van der Waals surface area contributed by atoms with Crippen LogP contribution in [0.3, 0.4) is 0 Å². The minimum atomic E-state index is -0.112. The van der Waals surface area contributed by atoms with E-state index in [1.54, 1.807) is 6.20 Å². The molecule has 1 fully saturated rings. The van der Waals surface area contributed by atoms with Crippen LogP contribution in [0.15, 0.2) is 17.1 Å². The molecule has 0 unspecified atom stereocenters. The van der Waals surface area contributed by atoms with Crippen molar-refractivity contribution in [3.8, 4) is 0 Å². The molecule has 0 radical (unpaired) electrons. The summed E-state index contributed by atoms with van der Waals surface area (Å²) in [6.07, 6.45) is 3.96. The molecule has 3 heterocycles. The Kier molecular flexibility index (Phi) is 2.62. The zero-order valence-corrected chi connectivity index (χ0v) is 11.4. The van der Waals surface area contributed by atoms with Crippen LogP contribution in [0.4, 0.5) is 5.13 Å². The zero-order valence-electron chi connectivity index (χ0n) is 10.6. The normalized spacial score (nSPS) is 19.3. The smallest absolute Gasteiger partial charge is 0.275 e. The summed E-state index contributed by atoms with van der Waals surface area (Å²) in [5.41, 5.74) is 0.202. The first kappa shape index (κ1) is 11.6. The van der Waals surface area contributed by atoms with Crippen molar-refractivity contribution in [2.45, 2.75) is 26.7 Å². The van der Waals surface area contributed by atoms with E-state index in [4.69, 9.17) is 0 Å². The Morgan fingerprint density at radius 3 is 3.00 bits per heavy atom. The molecule has 0 atom stereocenters. The zero-order chi connectivity index (χ0) is 12.8. The predicted molar refractivity (Wildman–Crippen MR) is 72.4 cm³/mol. The van der Waals surface area contributed by atoms with E-state index in [0.717, 1.165) is 18.2 Å². The summed E-state index contributed by atoms with van der Waals surface area (Å²) < 4.78 is 1.39. The molecule has 0 aliphatic carbocycles. The van der Waals surface area contributed by atoms with Crippen molar-refractivity contribution >= 4 is 21.4 Å². The number of nitrogens with zero attached hydrogens (tertiary/aromatic N) is 4. The lowest BCUT2D eigenvalue weighted by molar-refractivity contribution is 0.292. The van der Waals surface area contributed by atoms with Crippen LogP contribution in [0.25, 0.3) is 4.96 Å². The van der Waals surface area contributed by atoms with Crippen molar-refractivity contribution in [2.24, 2.45) is 5.41 Å². The molecule has 0 saturated carbocycles. The number of rotatable bonds is 1. The fourth-order valence-corrected chi connectivity index (χ4v) is 3.35. The maximum atomic E-state index is 11.7. The Hall–Kier alpha value is -1.43. The Labute approximate surface area is 109 Å². The molecule has 0 spiro atoms. The quantitative estimate of drug-likeness (QED) is 0.788. The number of anilines is 1. The topological polar surface area (TPSA) is 50.5 Å². The molecule has 6 heteroatoms. The van der Waals surface area contributed by atoms with E-state index < -0.39 is 0 Å². The monoisotopic (exact) mass is 264 g/mol. The lowest BCUT2D eigenvalue weighted by Crippen LogP contribution is -2.40. The van der Waals surface area contributed by atoms with Gasteiger partial charge in [0.15, 0.2) is 0 Å². The van der Waals surface area contributed by atoms with Gasteiger partial charge >= 0.3 is 0 Å². The third-order valence-electron chi connectivity index (χ3n) is 3.33. The molecule has 1 aliphatic rings. The van der Waals surface area contributed by atoms with Crippen molar-refractivity contribution < 1.29 is 0 Å². The van der Waals surface area contributed by atoms with Crippen molar-refractivity contribution in [1.29, 1.82) is 0 Å². The fourth-order valence-electron chi connectivity index (χ4n) is 2.45. The van der Waals surface area contributed by atoms with Gasteiger partial charge in [0, 0.05) is 25.4 Å². The van der Waals surface area contributed by atoms with Gasteiger partial charge in [-0.2, -0.15) is 4.52 Å². The van der Waals surface area contributed by atoms with Crippen LogP contribution in [-0.4, -0.2) is 27.7 Å². The first-order chi connectivity index (χ1) is 8.55. The minimum absolute atomic E-state index is 0.112. The molecular formula is C12H16N4OS. The van der Waals surface area contributed by atoms with Crippen LogP contribution >= 0.6 is 11.3 Å². The van der Waals surface area contributed by atoms with Crippen LogP contribution in [0, 0.1) is 5.41 Å². The van der Waals surface area contributed by atoms with Gasteiger partial charge in [0.25, 0.3) is 5.56 Å². The number of aromatic nitrogens is 3. The van der Waals surface area contributed by atoms with Gasteiger partial charge in [0.2, 0.25) is 10.1 Å². The SMILES string of the molecule is CC1(C)CCCN(c2nn3c(=O)ccnc3s2)C1. The molecule has 2 aromatic rings. The molecule has 0 amide bonds. The van der Waals surface area contributed by atoms with Crippen LogP contribution < -0.4 is 10.5 Å². The molecule has 2 aromatic heterocycles. The van der Waals surface area contributed by atoms with E-state index in [-0.39, 0.29) is 5.56 Å². The molecule has 1 aliphatic heterocycles. The van der Waals surface area contributed by atoms with Crippen LogP contribution in [-0.2, 0) is 0 Å². The number of piperidine rings is 1. The maximum absolute atomic E-state index is 11.7. The maximum Gasteiger partial charge on any atom is 0.275 e. The van der Waals surface area contributed by atoms with Crippen molar-refractivity contribution in [3.63, 3.8) is 0 Å². The van der Waals surface area contributed by atoms with Gasteiger partial charge in [-0.15, -0.1) is 5.10 Å². The molecule has 96 valence electrons. The molecule has 1 saturated heterocycles. The van der Waals surface area contributed by atoms with Crippen molar-refractivity contribution in [2.75, 3.05) is 18.0 Å². The summed E-state index contributed by atoms with van der Waals surface area (Å²) in [5.74, 6) is 0. The van der Waals surface area contributed by atoms with Gasteiger partial charge in [-0.1, -0.05) is 25.2 Å². The average Bonchev–Trinajstić information content (AvgIpc) is 2.73. The number of hydrogen-bond acceptors (Lipinski definition) is 5. The van der Waals surface area contributed by atoms with E-state index in [9.17, 15) is 4.79 Å². The molecule has 5 nitrogen and oxygen atoms in total. The first-order valence-corrected chi connectivity index (χ1v) is 6.97. The van der Waals surface area contributed by atoms with Crippen LogP contribution in [0.1, 0.15) is 26.7 Å². The highest BCUT2D eigenvalue weighted by Gasteiger charge is 2.28. The summed E-state index contributed by atoms with van der Waals surface area (Å²) >= 11 is 1.49. The van der Waals surface area contributed by atoms with Gasteiger partial charge < -0.3 is 4.90 Å². The fraction of sp³-hybridized carbons (Fsp3) is 0.583. The molecule has 0 bridgehead atoms. The van der Waals surface area contributed by atoms with E-state index in [1.165, 1.54) is 34.8 Å². The highest BCUT2D eigenvalue weighted by atomic mass is 32.1. The van der Waals surface area contributed by atoms with E-state index in [0.29, 0.717) is 10.4 Å². The van der Waals surface area contributed by atoms with E-state index in [2.05, 4.69) is 28.8 Å². The standard InChI is InChI=1S/C12H16N4OS/c1-12(2)5-3-7-15(8-12)11-14-16-9(17)4-6-13-10(16)18-11/h4,6H,3,5,7-8H2,1-2H3. The van der Waals surface area contributed by atoms with Gasteiger partial charge in [-0.3, -0.25) is 4.79 Å². The van der Waals surface area contributed by atoms with Crippen LogP contribution in [0.5, 0.6) is 0 Å². The van der Waals surface area contributed by atoms with Crippen molar-refractivity contribution in [1.82, 2.24) is 14.6 Å². The molecule has 0 aromatic carbocycles. The second-order valence-electron chi connectivity index (χ2n) is 5.55. The second kappa shape index (κ2) is 4.05. The van der Waals surface area contributed by atoms with E-state index >= 15 is 0 Å². The third kappa shape index (κ3) is 2.01. The summed E-state index contributed by atoms with van der Waals surface area (Å²) in [5, 5.41) is 5.29. The molecular weight excluding hydrogens is 248 g/mol. The Morgan fingerprint density at radius 2 is 2.28 bits per heavy atom. The molecule has 3 rings (SSSR count). The Bertz CT molecular complexity index is 630. The Balaban J connectivity index is 1.99. The average molecular weight is 264 g/mol. The highest BCUT2D eigenvalue weighted by molar-refractivity contribution is 7.20. The van der Waals surface area contributed by atoms with Crippen LogP contribution in [0.2, 0.25) is 0 Å². The van der Waals surface area contributed by atoms with Crippen molar-refractivity contribution in [3.05, 3.63) is 22.6 Å². The number of hydrogen-bond donors (Lipinski definition) is 0. The molecule has 0 N–H and O–H groups in total. The lowest BCUT2D eigenvalue weighted by atomic mass is 9.84. The lowest BCUT2D eigenvalue weighted by Gasteiger charge is -2.37. The summed E-state index contributed by atoms with van der Waals surface area (Å²) in [6.45, 7) is 6.55. The van der Waals surface area contributed by atoms with Gasteiger partial charge in [0.1, 0.15) is 0 Å². The second-order valence-corrected chi connectivity index (χ2v) is 6.49. The Morgan fingerprint density at radius 1 is 1.44 bits per heavy atom. The summed E-state index contributed by atoms with van der Waals surface area (Å²) in [7, 11) is 0. The minimum Gasteiger partial charge on any atom is -0.346 e. The summed E-state index contributed by atoms with van der Waals surface area (Å²) in [6, 6.07) is 1.44. The predicted octanol–water partition coefficient (Wildman–Crippen LogP) is 1.78. The molecule has 18 heavy (non-hydrogen) atoms.